The zero-order chi connectivity index (χ0) is 16.9. The van der Waals surface area contributed by atoms with Crippen molar-refractivity contribution >= 4 is 33.3 Å². The first-order valence-electron chi connectivity index (χ1n) is 7.62. The molecule has 0 aliphatic carbocycles. The number of hydrogen-bond acceptors (Lipinski definition) is 2. The van der Waals surface area contributed by atoms with Crippen molar-refractivity contribution in [3.8, 4) is 11.3 Å². The summed E-state index contributed by atoms with van der Waals surface area (Å²) in [7, 11) is 0. The van der Waals surface area contributed by atoms with E-state index in [2.05, 4.69) is 31.7 Å². The first-order valence-corrected chi connectivity index (χ1v) is 8.41. The highest BCUT2D eigenvalue weighted by molar-refractivity contribution is 9.10. The number of nitrogens with one attached hydrogen (secondary N) is 2. The molecule has 0 atom stereocenters. The maximum atomic E-state index is 12.0. The molecule has 2 aromatic carbocycles. The summed E-state index contributed by atoms with van der Waals surface area (Å²) in [5.41, 5.74) is 3.54. The van der Waals surface area contributed by atoms with Gasteiger partial charge in [0, 0.05) is 23.5 Å². The molecule has 0 saturated heterocycles. The zero-order valence-electron chi connectivity index (χ0n) is 13.2. The van der Waals surface area contributed by atoms with Gasteiger partial charge in [-0.25, -0.2) is 4.79 Å². The van der Waals surface area contributed by atoms with Crippen molar-refractivity contribution in [1.29, 1.82) is 0 Å². The largest absolute Gasteiger partial charge is 0.323 e. The van der Waals surface area contributed by atoms with Gasteiger partial charge in [-0.1, -0.05) is 30.3 Å². The predicted octanol–water partition coefficient (Wildman–Crippen LogP) is 4.98. The number of benzene rings is 2. The van der Waals surface area contributed by atoms with E-state index in [1.165, 1.54) is 0 Å². The molecule has 3 aromatic rings. The molecule has 0 bridgehead atoms. The molecule has 2 N–H and O–H groups in total. The Morgan fingerprint density at radius 3 is 2.29 bits per heavy atom. The van der Waals surface area contributed by atoms with Crippen LogP contribution in [0.2, 0.25) is 0 Å². The molecule has 0 aliphatic heterocycles. The van der Waals surface area contributed by atoms with E-state index >= 15 is 0 Å². The Morgan fingerprint density at radius 1 is 1.04 bits per heavy atom. The third-order valence-corrected chi connectivity index (χ3v) is 4.12. The summed E-state index contributed by atoms with van der Waals surface area (Å²) in [6.07, 6.45) is 1.79. The van der Waals surface area contributed by atoms with Crippen LogP contribution in [0.5, 0.6) is 0 Å². The number of rotatable bonds is 4. The Balaban J connectivity index is 1.71. The predicted molar refractivity (Wildman–Crippen MR) is 100 cm³/mol. The highest BCUT2D eigenvalue weighted by Crippen LogP contribution is 2.29. The van der Waals surface area contributed by atoms with Crippen LogP contribution < -0.4 is 10.6 Å². The van der Waals surface area contributed by atoms with Gasteiger partial charge in [0.15, 0.2) is 0 Å². The number of halogens is 1. The van der Waals surface area contributed by atoms with Crippen LogP contribution in [0, 0.1) is 0 Å². The summed E-state index contributed by atoms with van der Waals surface area (Å²) in [5.74, 6) is 0. The van der Waals surface area contributed by atoms with Crippen LogP contribution in [-0.2, 0) is 6.54 Å². The monoisotopic (exact) mass is 384 g/mol. The van der Waals surface area contributed by atoms with Gasteiger partial charge in [0.25, 0.3) is 0 Å². The topological polar surface area (TPSA) is 59.0 Å². The van der Waals surface area contributed by atoms with Crippen molar-refractivity contribution in [2.24, 2.45) is 0 Å². The molecule has 3 rings (SSSR count). The average Bonchev–Trinajstić information content (AvgIpc) is 2.97. The lowest BCUT2D eigenvalue weighted by atomic mass is 10.1. The van der Waals surface area contributed by atoms with Gasteiger partial charge in [-0.15, -0.1) is 0 Å². The van der Waals surface area contributed by atoms with E-state index in [1.54, 1.807) is 6.20 Å². The number of urea groups is 1. The van der Waals surface area contributed by atoms with Crippen molar-refractivity contribution in [3.63, 3.8) is 0 Å². The summed E-state index contributed by atoms with van der Waals surface area (Å²) >= 11 is 3.53. The lowest BCUT2D eigenvalue weighted by molar-refractivity contribution is 0.262. The van der Waals surface area contributed by atoms with Crippen molar-refractivity contribution in [3.05, 3.63) is 65.3 Å². The highest BCUT2D eigenvalue weighted by atomic mass is 79.9. The van der Waals surface area contributed by atoms with Crippen molar-refractivity contribution in [2.75, 3.05) is 10.6 Å². The van der Waals surface area contributed by atoms with Crippen LogP contribution in [0.25, 0.3) is 11.3 Å². The number of carbonyl (C=O) groups excluding carboxylic acids is 1. The van der Waals surface area contributed by atoms with Crippen LogP contribution >= 0.6 is 15.9 Å². The maximum absolute atomic E-state index is 12.0. The fraction of sp³-hybridized carbons (Fsp3) is 0.111. The second-order valence-electron chi connectivity index (χ2n) is 5.18. The summed E-state index contributed by atoms with van der Waals surface area (Å²) in [6, 6.07) is 16.7. The quantitative estimate of drug-likeness (QED) is 0.666. The minimum absolute atomic E-state index is 0.270. The van der Waals surface area contributed by atoms with Crippen molar-refractivity contribution in [2.45, 2.75) is 13.5 Å². The van der Waals surface area contributed by atoms with E-state index in [0.29, 0.717) is 0 Å². The second-order valence-corrected chi connectivity index (χ2v) is 6.03. The number of para-hydroxylation sites is 1. The molecular weight excluding hydrogens is 368 g/mol. The summed E-state index contributed by atoms with van der Waals surface area (Å²) in [6.45, 7) is 2.84. The normalized spacial score (nSPS) is 10.4. The van der Waals surface area contributed by atoms with Crippen LogP contribution in [0.15, 0.2) is 65.3 Å². The Hall–Kier alpha value is -2.60. The maximum Gasteiger partial charge on any atom is 0.323 e. The molecule has 0 spiro atoms. The first kappa shape index (κ1) is 16.3. The lowest BCUT2D eigenvalue weighted by Gasteiger charge is -2.09. The van der Waals surface area contributed by atoms with Crippen LogP contribution in [0.3, 0.4) is 0 Å². The minimum atomic E-state index is -0.270. The molecule has 24 heavy (non-hydrogen) atoms. The number of amides is 2. The van der Waals surface area contributed by atoms with Gasteiger partial charge in [0.05, 0.1) is 16.4 Å². The fourth-order valence-electron chi connectivity index (χ4n) is 2.42. The molecule has 0 radical (unpaired) electrons. The van der Waals surface area contributed by atoms with Gasteiger partial charge < -0.3 is 10.6 Å². The van der Waals surface area contributed by atoms with Crippen molar-refractivity contribution < 1.29 is 4.79 Å². The Kier molecular flexibility index (Phi) is 4.96. The molecule has 122 valence electrons. The van der Waals surface area contributed by atoms with Gasteiger partial charge in [-0.2, -0.15) is 5.10 Å². The molecule has 1 heterocycles. The van der Waals surface area contributed by atoms with Crippen molar-refractivity contribution in [1.82, 2.24) is 9.78 Å². The Bertz CT molecular complexity index is 828. The first-order chi connectivity index (χ1) is 11.7. The van der Waals surface area contributed by atoms with Gasteiger partial charge in [-0.05, 0) is 47.1 Å². The van der Waals surface area contributed by atoms with E-state index in [9.17, 15) is 4.79 Å². The second kappa shape index (κ2) is 7.31. The molecular formula is C18H17BrN4O. The molecule has 6 heteroatoms. The lowest BCUT2D eigenvalue weighted by Crippen LogP contribution is -2.19. The third kappa shape index (κ3) is 3.65. The molecule has 1 aromatic heterocycles. The van der Waals surface area contributed by atoms with E-state index in [0.717, 1.165) is 33.6 Å². The van der Waals surface area contributed by atoms with Crippen LogP contribution in [-0.4, -0.2) is 15.8 Å². The van der Waals surface area contributed by atoms with Crippen LogP contribution in [0.1, 0.15) is 6.92 Å². The Morgan fingerprint density at radius 2 is 1.67 bits per heavy atom. The molecule has 2 amide bonds. The van der Waals surface area contributed by atoms with Gasteiger partial charge >= 0.3 is 6.03 Å². The number of hydrogen-bond donors (Lipinski definition) is 2. The van der Waals surface area contributed by atoms with Crippen LogP contribution in [0.4, 0.5) is 16.2 Å². The SMILES string of the molecule is CCn1ncc(Br)c1-c1ccc(NC(=O)Nc2ccccc2)cc1. The number of anilines is 2. The number of nitrogens with zero attached hydrogens (tertiary/aromatic N) is 2. The third-order valence-electron chi connectivity index (χ3n) is 3.54. The summed E-state index contributed by atoms with van der Waals surface area (Å²) in [4.78, 5) is 12.0. The summed E-state index contributed by atoms with van der Waals surface area (Å²) < 4.78 is 2.88. The molecule has 5 nitrogen and oxygen atoms in total. The van der Waals surface area contributed by atoms with E-state index < -0.39 is 0 Å². The van der Waals surface area contributed by atoms with E-state index in [1.807, 2.05) is 66.2 Å². The average molecular weight is 385 g/mol. The molecule has 0 unspecified atom stereocenters. The van der Waals surface area contributed by atoms with Gasteiger partial charge in [-0.3, -0.25) is 4.68 Å². The Labute approximate surface area is 148 Å². The van der Waals surface area contributed by atoms with Gasteiger partial charge in [0.2, 0.25) is 0 Å². The zero-order valence-corrected chi connectivity index (χ0v) is 14.7. The highest BCUT2D eigenvalue weighted by Gasteiger charge is 2.10. The number of carbonyl (C=O) groups is 1. The standard InChI is InChI=1S/C18H17BrN4O/c1-2-23-17(16(19)12-20-23)13-8-10-15(11-9-13)22-18(24)21-14-6-4-3-5-7-14/h3-12H,2H2,1H3,(H2,21,22,24). The number of aryl methyl sites for hydroxylation is 1. The van der Waals surface area contributed by atoms with E-state index in [-0.39, 0.29) is 6.03 Å². The molecule has 0 saturated carbocycles. The molecule has 0 aliphatic rings. The molecule has 0 fully saturated rings. The fourth-order valence-corrected chi connectivity index (χ4v) is 2.94. The number of aromatic nitrogens is 2. The minimum Gasteiger partial charge on any atom is -0.308 e. The summed E-state index contributed by atoms with van der Waals surface area (Å²) in [5, 5.41) is 9.93. The smallest absolute Gasteiger partial charge is 0.308 e. The van der Waals surface area contributed by atoms with Gasteiger partial charge in [0.1, 0.15) is 0 Å². The van der Waals surface area contributed by atoms with E-state index in [4.69, 9.17) is 0 Å².